The first-order valence-corrected chi connectivity index (χ1v) is 6.44. The van der Waals surface area contributed by atoms with Crippen molar-refractivity contribution in [2.45, 2.75) is 53.0 Å². The van der Waals surface area contributed by atoms with Crippen LogP contribution in [0.15, 0.2) is 0 Å². The fourth-order valence-electron chi connectivity index (χ4n) is 1.51. The Morgan fingerprint density at radius 1 is 1.38 bits per heavy atom. The van der Waals surface area contributed by atoms with E-state index in [1.54, 1.807) is 0 Å². The number of nitrogens with one attached hydrogen (secondary N) is 1. The minimum absolute atomic E-state index is 0.0258. The SMILES string of the molecule is CCCC(C(=O)NC(C)C(C)CC)C(N)=S. The van der Waals surface area contributed by atoms with Crippen LogP contribution in [0.1, 0.15) is 47.0 Å². The van der Waals surface area contributed by atoms with Crippen LogP contribution in [0.2, 0.25) is 0 Å². The topological polar surface area (TPSA) is 55.1 Å². The highest BCUT2D eigenvalue weighted by Gasteiger charge is 2.22. The molecule has 0 aromatic rings. The Morgan fingerprint density at radius 3 is 2.31 bits per heavy atom. The lowest BCUT2D eigenvalue weighted by atomic mass is 9.98. The van der Waals surface area contributed by atoms with E-state index < -0.39 is 0 Å². The van der Waals surface area contributed by atoms with E-state index in [9.17, 15) is 4.79 Å². The molecule has 1 amide bonds. The van der Waals surface area contributed by atoms with Crippen molar-refractivity contribution >= 4 is 23.1 Å². The minimum atomic E-state index is -0.313. The third-order valence-corrected chi connectivity index (χ3v) is 3.39. The summed E-state index contributed by atoms with van der Waals surface area (Å²) < 4.78 is 0. The predicted octanol–water partition coefficient (Wildman–Crippen LogP) is 2.24. The largest absolute Gasteiger partial charge is 0.393 e. The van der Waals surface area contributed by atoms with Gasteiger partial charge in [0.2, 0.25) is 5.91 Å². The number of nitrogens with two attached hydrogens (primary N) is 1. The van der Waals surface area contributed by atoms with E-state index in [1.165, 1.54) is 0 Å². The Kier molecular flexibility index (Phi) is 7.30. The Bertz CT molecular complexity index is 243. The lowest BCUT2D eigenvalue weighted by Gasteiger charge is -2.23. The highest BCUT2D eigenvalue weighted by atomic mass is 32.1. The second-order valence-electron chi connectivity index (χ2n) is 4.43. The van der Waals surface area contributed by atoms with Gasteiger partial charge in [0, 0.05) is 6.04 Å². The summed E-state index contributed by atoms with van der Waals surface area (Å²) >= 11 is 4.92. The van der Waals surface area contributed by atoms with Crippen LogP contribution in [0.3, 0.4) is 0 Å². The first-order chi connectivity index (χ1) is 7.43. The summed E-state index contributed by atoms with van der Waals surface area (Å²) in [6, 6.07) is 0.172. The summed E-state index contributed by atoms with van der Waals surface area (Å²) in [5.41, 5.74) is 5.58. The summed E-state index contributed by atoms with van der Waals surface area (Å²) in [6.07, 6.45) is 2.69. The van der Waals surface area contributed by atoms with Gasteiger partial charge in [0.1, 0.15) is 0 Å². The van der Waals surface area contributed by atoms with Crippen molar-refractivity contribution in [2.75, 3.05) is 0 Å². The van der Waals surface area contributed by atoms with Crippen molar-refractivity contribution in [3.8, 4) is 0 Å². The van der Waals surface area contributed by atoms with E-state index in [2.05, 4.69) is 19.2 Å². The maximum atomic E-state index is 11.9. The van der Waals surface area contributed by atoms with Gasteiger partial charge in [0.15, 0.2) is 0 Å². The average molecular weight is 244 g/mol. The van der Waals surface area contributed by atoms with Gasteiger partial charge in [0.25, 0.3) is 0 Å². The van der Waals surface area contributed by atoms with E-state index >= 15 is 0 Å². The molecule has 0 bridgehead atoms. The molecule has 0 fully saturated rings. The van der Waals surface area contributed by atoms with E-state index in [-0.39, 0.29) is 17.9 Å². The number of amides is 1. The first kappa shape index (κ1) is 15.4. The van der Waals surface area contributed by atoms with E-state index in [1.807, 2.05) is 13.8 Å². The molecule has 3 unspecified atom stereocenters. The van der Waals surface area contributed by atoms with Gasteiger partial charge in [0.05, 0.1) is 10.9 Å². The lowest BCUT2D eigenvalue weighted by Crippen LogP contribution is -2.44. The molecule has 94 valence electrons. The smallest absolute Gasteiger partial charge is 0.230 e. The number of rotatable bonds is 7. The molecule has 0 heterocycles. The van der Waals surface area contributed by atoms with Gasteiger partial charge < -0.3 is 11.1 Å². The van der Waals surface area contributed by atoms with E-state index in [0.717, 1.165) is 19.3 Å². The molecular weight excluding hydrogens is 220 g/mol. The molecule has 3 nitrogen and oxygen atoms in total. The van der Waals surface area contributed by atoms with Crippen molar-refractivity contribution in [1.29, 1.82) is 0 Å². The Morgan fingerprint density at radius 2 is 1.94 bits per heavy atom. The number of hydrogen-bond acceptors (Lipinski definition) is 2. The molecular formula is C12H24N2OS. The zero-order valence-corrected chi connectivity index (χ0v) is 11.6. The minimum Gasteiger partial charge on any atom is -0.393 e. The quantitative estimate of drug-likeness (QED) is 0.675. The molecule has 0 spiro atoms. The standard InChI is InChI=1S/C12H24N2OS/c1-5-7-10(11(13)16)12(15)14-9(4)8(3)6-2/h8-10H,5-7H2,1-4H3,(H2,13,16)(H,14,15). The third kappa shape index (κ3) is 4.92. The van der Waals surface area contributed by atoms with E-state index in [0.29, 0.717) is 10.9 Å². The van der Waals surface area contributed by atoms with Gasteiger partial charge >= 0.3 is 0 Å². The molecule has 0 aliphatic heterocycles. The number of carbonyl (C=O) groups is 1. The molecule has 0 saturated heterocycles. The molecule has 0 aromatic carbocycles. The van der Waals surface area contributed by atoms with Crippen molar-refractivity contribution in [3.05, 3.63) is 0 Å². The first-order valence-electron chi connectivity index (χ1n) is 6.03. The van der Waals surface area contributed by atoms with Gasteiger partial charge in [-0.05, 0) is 19.3 Å². The van der Waals surface area contributed by atoms with Crippen LogP contribution in [0.25, 0.3) is 0 Å². The molecule has 0 saturated carbocycles. The highest BCUT2D eigenvalue weighted by Crippen LogP contribution is 2.11. The molecule has 0 rings (SSSR count). The van der Waals surface area contributed by atoms with Crippen LogP contribution in [0, 0.1) is 11.8 Å². The third-order valence-electron chi connectivity index (χ3n) is 3.10. The summed E-state index contributed by atoms with van der Waals surface area (Å²) in [6.45, 7) is 8.29. The number of carbonyl (C=O) groups excluding carboxylic acids is 1. The molecule has 16 heavy (non-hydrogen) atoms. The van der Waals surface area contributed by atoms with Gasteiger partial charge in [-0.2, -0.15) is 0 Å². The van der Waals surface area contributed by atoms with Crippen LogP contribution in [0.4, 0.5) is 0 Å². The highest BCUT2D eigenvalue weighted by molar-refractivity contribution is 7.80. The van der Waals surface area contributed by atoms with Gasteiger partial charge in [-0.1, -0.05) is 45.8 Å². The lowest BCUT2D eigenvalue weighted by molar-refractivity contribution is -0.124. The zero-order valence-electron chi connectivity index (χ0n) is 10.7. The van der Waals surface area contributed by atoms with E-state index in [4.69, 9.17) is 18.0 Å². The summed E-state index contributed by atoms with van der Waals surface area (Å²) in [5, 5.41) is 2.99. The molecule has 0 aliphatic rings. The Balaban J connectivity index is 4.35. The fraction of sp³-hybridized carbons (Fsp3) is 0.833. The van der Waals surface area contributed by atoms with Crippen LogP contribution in [0.5, 0.6) is 0 Å². The van der Waals surface area contributed by atoms with Crippen molar-refractivity contribution in [1.82, 2.24) is 5.32 Å². The van der Waals surface area contributed by atoms with Crippen LogP contribution >= 0.6 is 12.2 Å². The predicted molar refractivity (Wildman–Crippen MR) is 72.2 cm³/mol. The van der Waals surface area contributed by atoms with Crippen LogP contribution in [-0.4, -0.2) is 16.9 Å². The number of thiocarbonyl (C=S) groups is 1. The number of hydrogen-bond donors (Lipinski definition) is 2. The summed E-state index contributed by atoms with van der Waals surface area (Å²) in [5.74, 6) is 0.131. The average Bonchev–Trinajstić information content (AvgIpc) is 2.23. The van der Waals surface area contributed by atoms with Gasteiger partial charge in [-0.3, -0.25) is 4.79 Å². The molecule has 0 aliphatic carbocycles. The molecule has 0 radical (unpaired) electrons. The molecule has 3 N–H and O–H groups in total. The van der Waals surface area contributed by atoms with Crippen LogP contribution < -0.4 is 11.1 Å². The van der Waals surface area contributed by atoms with Crippen molar-refractivity contribution < 1.29 is 4.79 Å². The maximum Gasteiger partial charge on any atom is 0.230 e. The summed E-state index contributed by atoms with van der Waals surface area (Å²) in [4.78, 5) is 12.2. The second kappa shape index (κ2) is 7.60. The monoisotopic (exact) mass is 244 g/mol. The van der Waals surface area contributed by atoms with Crippen LogP contribution in [-0.2, 0) is 4.79 Å². The maximum absolute atomic E-state index is 11.9. The normalized spacial score (nSPS) is 16.2. The fourth-order valence-corrected chi connectivity index (χ4v) is 1.74. The van der Waals surface area contributed by atoms with Crippen molar-refractivity contribution in [2.24, 2.45) is 17.6 Å². The van der Waals surface area contributed by atoms with Gasteiger partial charge in [-0.25, -0.2) is 0 Å². The molecule has 3 atom stereocenters. The second-order valence-corrected chi connectivity index (χ2v) is 4.90. The molecule has 0 aromatic heterocycles. The summed E-state index contributed by atoms with van der Waals surface area (Å²) in [7, 11) is 0. The Hall–Kier alpha value is -0.640. The van der Waals surface area contributed by atoms with Crippen molar-refractivity contribution in [3.63, 3.8) is 0 Å². The molecule has 4 heteroatoms. The Labute approximate surface area is 104 Å². The zero-order chi connectivity index (χ0) is 12.7. The van der Waals surface area contributed by atoms with Gasteiger partial charge in [-0.15, -0.1) is 0 Å².